The van der Waals surface area contributed by atoms with Gasteiger partial charge in [-0.25, -0.2) is 0 Å². The third kappa shape index (κ3) is 4.56. The van der Waals surface area contributed by atoms with Crippen LogP contribution in [0.4, 0.5) is 0 Å². The van der Waals surface area contributed by atoms with Crippen molar-refractivity contribution in [2.75, 3.05) is 6.61 Å². The first kappa shape index (κ1) is 19.8. The van der Waals surface area contributed by atoms with Crippen LogP contribution in [-0.2, 0) is 33.3 Å². The van der Waals surface area contributed by atoms with Gasteiger partial charge in [-0.3, -0.25) is 14.4 Å². The van der Waals surface area contributed by atoms with E-state index in [0.717, 1.165) is 18.6 Å². The van der Waals surface area contributed by atoms with Gasteiger partial charge in [0.1, 0.15) is 24.8 Å². The van der Waals surface area contributed by atoms with Crippen LogP contribution in [0.5, 0.6) is 0 Å². The summed E-state index contributed by atoms with van der Waals surface area (Å²) in [6.07, 6.45) is -4.53. The summed E-state index contributed by atoms with van der Waals surface area (Å²) in [6, 6.07) is 3.41. The van der Waals surface area contributed by atoms with Crippen molar-refractivity contribution in [1.82, 2.24) is 15.0 Å². The van der Waals surface area contributed by atoms with Crippen LogP contribution >= 0.6 is 0 Å². The van der Waals surface area contributed by atoms with Crippen molar-refractivity contribution >= 4 is 17.9 Å². The molecule has 0 unspecified atom stereocenters. The summed E-state index contributed by atoms with van der Waals surface area (Å²) < 4.78 is 20.9. The quantitative estimate of drug-likeness (QED) is 0.472. The normalized spacial score (nSPS) is 23.7. The van der Waals surface area contributed by atoms with Crippen LogP contribution in [0.2, 0.25) is 0 Å². The van der Waals surface area contributed by atoms with Gasteiger partial charge < -0.3 is 18.9 Å². The Hall–Kier alpha value is -3.51. The van der Waals surface area contributed by atoms with Gasteiger partial charge in [-0.1, -0.05) is 0 Å². The summed E-state index contributed by atoms with van der Waals surface area (Å²) in [5.74, 6) is -1.98. The summed E-state index contributed by atoms with van der Waals surface area (Å²) in [6.45, 7) is 3.18. The maximum Gasteiger partial charge on any atom is 0.303 e. The predicted octanol–water partition coefficient (Wildman–Crippen LogP) is -0.655. The molecule has 1 fully saturated rings. The van der Waals surface area contributed by atoms with Gasteiger partial charge in [0, 0.05) is 20.8 Å². The maximum atomic E-state index is 11.5. The smallest absolute Gasteiger partial charge is 0.303 e. The van der Waals surface area contributed by atoms with Crippen LogP contribution in [-0.4, -0.2) is 57.8 Å². The average molecular weight is 377 g/mol. The van der Waals surface area contributed by atoms with E-state index >= 15 is 0 Å². The zero-order valence-corrected chi connectivity index (χ0v) is 14.6. The first-order valence-electron chi connectivity index (χ1n) is 7.67. The van der Waals surface area contributed by atoms with Crippen molar-refractivity contribution in [3.8, 4) is 12.1 Å². The number of nitriles is 2. The SMILES string of the molecule is CC(=O)OC[C@@H]1O[C@@H](n2nc(C#N)c(C#N)n2)[C@@H](OC(C)=O)[C@@H]1OC(C)=O. The Morgan fingerprint density at radius 3 is 1.96 bits per heavy atom. The summed E-state index contributed by atoms with van der Waals surface area (Å²) in [7, 11) is 0. The fourth-order valence-corrected chi connectivity index (χ4v) is 2.47. The fourth-order valence-electron chi connectivity index (χ4n) is 2.47. The molecule has 0 bridgehead atoms. The number of ether oxygens (including phenoxy) is 4. The lowest BCUT2D eigenvalue weighted by molar-refractivity contribution is -0.166. The van der Waals surface area contributed by atoms with E-state index in [4.69, 9.17) is 29.5 Å². The van der Waals surface area contributed by atoms with Crippen molar-refractivity contribution in [1.29, 1.82) is 10.5 Å². The van der Waals surface area contributed by atoms with Crippen LogP contribution < -0.4 is 0 Å². The Morgan fingerprint density at radius 1 is 1.00 bits per heavy atom. The third-order valence-electron chi connectivity index (χ3n) is 3.41. The predicted molar refractivity (Wildman–Crippen MR) is 81.1 cm³/mol. The molecule has 1 saturated heterocycles. The van der Waals surface area contributed by atoms with Gasteiger partial charge in [0.15, 0.2) is 12.2 Å². The van der Waals surface area contributed by atoms with Crippen molar-refractivity contribution in [3.05, 3.63) is 11.4 Å². The largest absolute Gasteiger partial charge is 0.463 e. The van der Waals surface area contributed by atoms with Crippen LogP contribution in [0.15, 0.2) is 0 Å². The van der Waals surface area contributed by atoms with Crippen LogP contribution in [0.3, 0.4) is 0 Å². The zero-order chi connectivity index (χ0) is 20.1. The molecule has 4 atom stereocenters. The molecular weight excluding hydrogens is 362 g/mol. The number of rotatable bonds is 5. The Labute approximate surface area is 153 Å². The number of nitrogens with zero attached hydrogens (tertiary/aromatic N) is 5. The molecule has 0 saturated carbocycles. The van der Waals surface area contributed by atoms with Crippen molar-refractivity contribution in [2.45, 2.75) is 45.3 Å². The maximum absolute atomic E-state index is 11.5. The second kappa shape index (κ2) is 8.25. The second-order valence-electron chi connectivity index (χ2n) is 5.46. The minimum atomic E-state index is -1.21. The fraction of sp³-hybridized carbons (Fsp3) is 0.533. The van der Waals surface area contributed by atoms with E-state index in [9.17, 15) is 14.4 Å². The summed E-state index contributed by atoms with van der Waals surface area (Å²) in [5.41, 5.74) is -0.509. The molecule has 12 nitrogen and oxygen atoms in total. The lowest BCUT2D eigenvalue weighted by Gasteiger charge is -2.22. The Bertz CT molecular complexity index is 805. The van der Waals surface area contributed by atoms with Crippen molar-refractivity contribution in [2.24, 2.45) is 0 Å². The highest BCUT2D eigenvalue weighted by Gasteiger charge is 2.51. The zero-order valence-electron chi connectivity index (χ0n) is 14.6. The Balaban J connectivity index is 2.41. The van der Waals surface area contributed by atoms with Gasteiger partial charge in [0.05, 0.1) is 0 Å². The lowest BCUT2D eigenvalue weighted by Crippen LogP contribution is -2.40. The molecule has 12 heteroatoms. The molecule has 0 aromatic carbocycles. The lowest BCUT2D eigenvalue weighted by atomic mass is 10.1. The molecule has 1 aromatic rings. The number of carbonyl (C=O) groups is 3. The van der Waals surface area contributed by atoms with E-state index in [0.29, 0.717) is 0 Å². The highest BCUT2D eigenvalue weighted by Crippen LogP contribution is 2.33. The highest BCUT2D eigenvalue weighted by atomic mass is 16.7. The summed E-state index contributed by atoms with van der Waals surface area (Å²) in [5, 5.41) is 25.7. The molecule has 1 aliphatic rings. The highest BCUT2D eigenvalue weighted by molar-refractivity contribution is 5.68. The van der Waals surface area contributed by atoms with Gasteiger partial charge in [0.2, 0.25) is 17.6 Å². The van der Waals surface area contributed by atoms with Gasteiger partial charge in [-0.05, 0) is 0 Å². The van der Waals surface area contributed by atoms with Gasteiger partial charge in [-0.2, -0.15) is 10.5 Å². The third-order valence-corrected chi connectivity index (χ3v) is 3.41. The second-order valence-corrected chi connectivity index (χ2v) is 5.46. The first-order valence-corrected chi connectivity index (χ1v) is 7.67. The van der Waals surface area contributed by atoms with Crippen molar-refractivity contribution in [3.63, 3.8) is 0 Å². The molecular formula is C15H15N5O7. The van der Waals surface area contributed by atoms with Crippen LogP contribution in [0.25, 0.3) is 0 Å². The average Bonchev–Trinajstić information content (AvgIpc) is 3.14. The first-order chi connectivity index (χ1) is 12.8. The Kier molecular flexibility index (Phi) is 6.05. The number of esters is 3. The number of hydrogen-bond acceptors (Lipinski definition) is 11. The van der Waals surface area contributed by atoms with Gasteiger partial charge in [-0.15, -0.1) is 15.0 Å². The summed E-state index contributed by atoms with van der Waals surface area (Å²) >= 11 is 0. The standard InChI is InChI=1S/C15H15N5O7/c1-7(21)24-6-12-13(25-8(2)22)14(26-9(3)23)15(27-12)20-18-10(4-16)11(5-17)19-20/h12-15H,6H2,1-3H3/t12-,13+,14-,15+/m0/s1. The van der Waals surface area contributed by atoms with E-state index < -0.39 is 42.4 Å². The van der Waals surface area contributed by atoms with E-state index in [1.807, 2.05) is 0 Å². The number of carbonyl (C=O) groups excluding carboxylic acids is 3. The van der Waals surface area contributed by atoms with E-state index in [1.54, 1.807) is 12.1 Å². The molecule has 2 heterocycles. The van der Waals surface area contributed by atoms with Gasteiger partial charge in [0.25, 0.3) is 0 Å². The Morgan fingerprint density at radius 2 is 1.52 bits per heavy atom. The molecule has 1 aliphatic heterocycles. The summed E-state index contributed by atoms with van der Waals surface area (Å²) in [4.78, 5) is 34.9. The minimum absolute atomic E-state index is 0.254. The van der Waals surface area contributed by atoms with Crippen LogP contribution in [0, 0.1) is 22.7 Å². The molecule has 142 valence electrons. The molecule has 0 N–H and O–H groups in total. The topological polar surface area (TPSA) is 166 Å². The minimum Gasteiger partial charge on any atom is -0.463 e. The molecule has 0 spiro atoms. The van der Waals surface area contributed by atoms with E-state index in [1.165, 1.54) is 6.92 Å². The number of hydrogen-bond donors (Lipinski definition) is 0. The molecule has 0 amide bonds. The number of aromatic nitrogens is 3. The molecule has 0 aliphatic carbocycles. The van der Waals surface area contributed by atoms with Gasteiger partial charge >= 0.3 is 17.9 Å². The monoisotopic (exact) mass is 377 g/mol. The molecule has 1 aromatic heterocycles. The molecule has 2 rings (SSSR count). The van der Waals surface area contributed by atoms with E-state index in [-0.39, 0.29) is 18.0 Å². The van der Waals surface area contributed by atoms with Crippen LogP contribution in [0.1, 0.15) is 38.4 Å². The molecule has 27 heavy (non-hydrogen) atoms. The van der Waals surface area contributed by atoms with E-state index in [2.05, 4.69) is 10.2 Å². The molecule has 0 radical (unpaired) electrons. The van der Waals surface area contributed by atoms with Crippen molar-refractivity contribution < 1.29 is 33.3 Å².